The Morgan fingerprint density at radius 1 is 1.18 bits per heavy atom. The lowest BCUT2D eigenvalue weighted by molar-refractivity contribution is -0.139. The number of benzene rings is 1. The lowest BCUT2D eigenvalue weighted by atomic mass is 9.97. The highest BCUT2D eigenvalue weighted by Gasteiger charge is 2.33. The molecule has 7 nitrogen and oxygen atoms in total. The Balaban J connectivity index is 1.19. The van der Waals surface area contributed by atoms with Crippen LogP contribution in [0.25, 0.3) is 0 Å². The van der Waals surface area contributed by atoms with Crippen LogP contribution in [-0.4, -0.2) is 39.2 Å². The summed E-state index contributed by atoms with van der Waals surface area (Å²) < 4.78 is 67.5. The molecule has 0 N–H and O–H groups in total. The Kier molecular flexibility index (Phi) is 7.60. The highest BCUT2D eigenvalue weighted by Crippen LogP contribution is 2.35. The smallest absolute Gasteiger partial charge is 0.387 e. The van der Waals surface area contributed by atoms with E-state index in [1.807, 2.05) is 5.38 Å². The molecular formula is C25H20BrF5N4O3S. The maximum absolute atomic E-state index is 14.1. The summed E-state index contributed by atoms with van der Waals surface area (Å²) >= 11 is 4.27. The van der Waals surface area contributed by atoms with Crippen molar-refractivity contribution in [2.24, 2.45) is 5.16 Å². The van der Waals surface area contributed by atoms with Gasteiger partial charge < -0.3 is 14.3 Å². The number of alkyl halides is 3. The van der Waals surface area contributed by atoms with Crippen molar-refractivity contribution in [1.29, 1.82) is 0 Å². The number of pyridine rings is 1. The van der Waals surface area contributed by atoms with E-state index in [2.05, 4.69) is 26.1 Å². The standard InChI is InChI=1S/C25H20BrF5N4O3S/c26-17-7-14(25(29,30)31)10-35(24(17)37)11-22(36)34-5-3-13(4-6-34)23-32-20(12-39-23)19-9-21(38-33-19)16-8-15(27)1-2-18(16)28/h1-2,7-8,10,12-13,21H,3-6,9,11H2. The first kappa shape index (κ1) is 27.4. The van der Waals surface area contributed by atoms with Gasteiger partial charge >= 0.3 is 6.18 Å². The number of carbonyl (C=O) groups excluding carboxylic acids is 1. The molecule has 0 saturated carbocycles. The Hall–Kier alpha value is -3.13. The van der Waals surface area contributed by atoms with Crippen molar-refractivity contribution in [2.45, 2.75) is 44.0 Å². The number of likely N-dealkylation sites (tertiary alicyclic amines) is 1. The fraction of sp³-hybridized carbons (Fsp3) is 0.360. The molecule has 2 aromatic heterocycles. The zero-order valence-electron chi connectivity index (χ0n) is 20.1. The van der Waals surface area contributed by atoms with Crippen LogP contribution in [0.1, 0.15) is 53.1 Å². The van der Waals surface area contributed by atoms with Gasteiger partial charge in [0.25, 0.3) is 5.56 Å². The average molecular weight is 631 g/mol. The third kappa shape index (κ3) is 5.91. The van der Waals surface area contributed by atoms with Gasteiger partial charge in [0.05, 0.1) is 20.7 Å². The third-order valence-corrected chi connectivity index (χ3v) is 8.24. The maximum Gasteiger partial charge on any atom is 0.417 e. The number of carbonyl (C=O) groups is 1. The molecule has 4 heterocycles. The van der Waals surface area contributed by atoms with Crippen LogP contribution in [0.2, 0.25) is 0 Å². The summed E-state index contributed by atoms with van der Waals surface area (Å²) in [5.41, 5.74) is -0.549. The van der Waals surface area contributed by atoms with Crippen LogP contribution in [0, 0.1) is 11.6 Å². The number of halogens is 6. The van der Waals surface area contributed by atoms with Gasteiger partial charge in [0.1, 0.15) is 23.9 Å². The number of nitrogens with zero attached hydrogens (tertiary/aromatic N) is 4. The number of piperidine rings is 1. The van der Waals surface area contributed by atoms with E-state index in [9.17, 15) is 31.5 Å². The maximum atomic E-state index is 14.1. The van der Waals surface area contributed by atoms with E-state index in [1.165, 1.54) is 16.2 Å². The molecule has 14 heteroatoms. The number of hydrogen-bond acceptors (Lipinski definition) is 6. The van der Waals surface area contributed by atoms with Gasteiger partial charge in [-0.25, -0.2) is 13.8 Å². The van der Waals surface area contributed by atoms with Crippen molar-refractivity contribution in [2.75, 3.05) is 13.1 Å². The minimum absolute atomic E-state index is 0.0533. The largest absolute Gasteiger partial charge is 0.417 e. The zero-order valence-corrected chi connectivity index (χ0v) is 22.5. The molecule has 2 aliphatic heterocycles. The first-order valence-electron chi connectivity index (χ1n) is 11.9. The summed E-state index contributed by atoms with van der Waals surface area (Å²) in [7, 11) is 0. The second-order valence-electron chi connectivity index (χ2n) is 9.24. The Bertz CT molecular complexity index is 1500. The van der Waals surface area contributed by atoms with Crippen LogP contribution in [0.5, 0.6) is 0 Å². The van der Waals surface area contributed by atoms with E-state index >= 15 is 0 Å². The lowest BCUT2D eigenvalue weighted by Crippen LogP contribution is -2.41. The first-order valence-corrected chi connectivity index (χ1v) is 13.5. The van der Waals surface area contributed by atoms with Crippen LogP contribution in [0.4, 0.5) is 22.0 Å². The SMILES string of the molecule is O=C(Cn1cc(C(F)(F)F)cc(Br)c1=O)N1CCC(c2nc(C3=NOC(c4cc(F)ccc4F)C3)cs2)CC1. The molecule has 1 atom stereocenters. The molecular weight excluding hydrogens is 611 g/mol. The van der Waals surface area contributed by atoms with Crippen molar-refractivity contribution in [3.63, 3.8) is 0 Å². The predicted molar refractivity (Wildman–Crippen MR) is 135 cm³/mol. The first-order chi connectivity index (χ1) is 18.5. The summed E-state index contributed by atoms with van der Waals surface area (Å²) in [5, 5.41) is 6.67. The average Bonchev–Trinajstić information content (AvgIpc) is 3.58. The highest BCUT2D eigenvalue weighted by atomic mass is 79.9. The Morgan fingerprint density at radius 2 is 1.92 bits per heavy atom. The predicted octanol–water partition coefficient (Wildman–Crippen LogP) is 5.64. The molecule has 0 spiro atoms. The number of amides is 1. The summed E-state index contributed by atoms with van der Waals surface area (Å²) in [6.07, 6.45) is -3.35. The number of rotatable bonds is 5. The topological polar surface area (TPSA) is 76.8 Å². The molecule has 0 radical (unpaired) electrons. The van der Waals surface area contributed by atoms with Crippen molar-refractivity contribution >= 4 is 38.9 Å². The van der Waals surface area contributed by atoms with Crippen LogP contribution in [-0.2, 0) is 22.4 Å². The molecule has 1 saturated heterocycles. The second-order valence-corrected chi connectivity index (χ2v) is 11.0. The Labute approximate surface area is 231 Å². The quantitative estimate of drug-likeness (QED) is 0.342. The third-order valence-electron chi connectivity index (χ3n) is 6.66. The number of aromatic nitrogens is 2. The fourth-order valence-corrected chi connectivity index (χ4v) is 6.03. The highest BCUT2D eigenvalue weighted by molar-refractivity contribution is 9.10. The van der Waals surface area contributed by atoms with E-state index in [1.54, 1.807) is 0 Å². The van der Waals surface area contributed by atoms with E-state index in [-0.39, 0.29) is 22.4 Å². The number of hydrogen-bond donors (Lipinski definition) is 0. The molecule has 39 heavy (non-hydrogen) atoms. The molecule has 0 bridgehead atoms. The summed E-state index contributed by atoms with van der Waals surface area (Å²) in [5.74, 6) is -1.55. The molecule has 206 valence electrons. The molecule has 1 unspecified atom stereocenters. The monoisotopic (exact) mass is 630 g/mol. The normalized spacial score (nSPS) is 18.3. The molecule has 1 amide bonds. The molecule has 5 rings (SSSR count). The molecule has 1 aromatic carbocycles. The van der Waals surface area contributed by atoms with Gasteiger partial charge in [-0.15, -0.1) is 11.3 Å². The van der Waals surface area contributed by atoms with Gasteiger partial charge in [-0.1, -0.05) is 5.16 Å². The molecule has 2 aliphatic rings. The van der Waals surface area contributed by atoms with Gasteiger partial charge in [0.2, 0.25) is 5.91 Å². The van der Waals surface area contributed by atoms with Crippen LogP contribution >= 0.6 is 27.3 Å². The lowest BCUT2D eigenvalue weighted by Gasteiger charge is -2.31. The van der Waals surface area contributed by atoms with Gasteiger partial charge in [-0.05, 0) is 53.0 Å². The van der Waals surface area contributed by atoms with E-state index in [0.717, 1.165) is 27.8 Å². The van der Waals surface area contributed by atoms with E-state index in [0.29, 0.717) is 49.6 Å². The summed E-state index contributed by atoms with van der Waals surface area (Å²) in [6, 6.07) is 3.86. The van der Waals surface area contributed by atoms with Crippen LogP contribution in [0.15, 0.2) is 50.3 Å². The second kappa shape index (κ2) is 10.8. The van der Waals surface area contributed by atoms with Crippen molar-refractivity contribution in [3.05, 3.63) is 84.1 Å². The van der Waals surface area contributed by atoms with Gasteiger partial charge in [0, 0.05) is 42.6 Å². The van der Waals surface area contributed by atoms with Crippen LogP contribution < -0.4 is 5.56 Å². The van der Waals surface area contributed by atoms with Crippen molar-refractivity contribution < 1.29 is 31.6 Å². The summed E-state index contributed by atoms with van der Waals surface area (Å²) in [6.45, 7) is 0.219. The number of oxime groups is 1. The van der Waals surface area contributed by atoms with Gasteiger partial charge in [-0.2, -0.15) is 13.2 Å². The van der Waals surface area contributed by atoms with Gasteiger partial charge in [0.15, 0.2) is 6.10 Å². The number of thiazole rings is 1. The van der Waals surface area contributed by atoms with E-state index < -0.39 is 47.5 Å². The molecule has 3 aromatic rings. The van der Waals surface area contributed by atoms with E-state index in [4.69, 9.17) is 4.84 Å². The van der Waals surface area contributed by atoms with Crippen molar-refractivity contribution in [1.82, 2.24) is 14.5 Å². The van der Waals surface area contributed by atoms with Gasteiger partial charge in [-0.3, -0.25) is 9.59 Å². The fourth-order valence-electron chi connectivity index (χ4n) is 4.56. The Morgan fingerprint density at radius 3 is 2.64 bits per heavy atom. The van der Waals surface area contributed by atoms with Crippen LogP contribution in [0.3, 0.4) is 0 Å². The van der Waals surface area contributed by atoms with Crippen molar-refractivity contribution in [3.8, 4) is 0 Å². The summed E-state index contributed by atoms with van der Waals surface area (Å²) in [4.78, 5) is 36.6. The zero-order chi connectivity index (χ0) is 27.9. The molecule has 0 aliphatic carbocycles. The molecule has 1 fully saturated rings. The minimum atomic E-state index is -4.65. The minimum Gasteiger partial charge on any atom is -0.387 e.